The maximum Gasteiger partial charge on any atom is 0.343 e. The van der Waals surface area contributed by atoms with Crippen LogP contribution in [0.25, 0.3) is 0 Å². The van der Waals surface area contributed by atoms with Crippen LogP contribution in [0.1, 0.15) is 32.0 Å². The van der Waals surface area contributed by atoms with E-state index in [-0.39, 0.29) is 11.7 Å². The minimum absolute atomic E-state index is 0.259. The minimum Gasteiger partial charge on any atom is -0.497 e. The number of methoxy groups -OCH3 is 2. The van der Waals surface area contributed by atoms with Crippen molar-refractivity contribution in [2.24, 2.45) is 5.10 Å². The molecule has 1 heterocycles. The number of amides is 1. The van der Waals surface area contributed by atoms with Crippen molar-refractivity contribution in [3.8, 4) is 17.2 Å². The Hall–Kier alpha value is -4.20. The fraction of sp³-hybridized carbons (Fsp3) is 0.130. The Balaban J connectivity index is 1.66. The Morgan fingerprint density at radius 3 is 2.32 bits per heavy atom. The summed E-state index contributed by atoms with van der Waals surface area (Å²) in [6.45, 7) is 1.84. The first-order valence-corrected chi connectivity index (χ1v) is 9.30. The third kappa shape index (κ3) is 5.66. The number of pyridine rings is 1. The molecule has 3 aromatic rings. The summed E-state index contributed by atoms with van der Waals surface area (Å²) in [7, 11) is 3.02. The van der Waals surface area contributed by atoms with Crippen LogP contribution in [-0.2, 0) is 0 Å². The Labute approximate surface area is 179 Å². The van der Waals surface area contributed by atoms with Gasteiger partial charge in [0.15, 0.2) is 11.5 Å². The molecule has 0 aliphatic heterocycles. The molecule has 0 aliphatic carbocycles. The molecular weight excluding hydrogens is 398 g/mol. The highest BCUT2D eigenvalue weighted by atomic mass is 16.6. The van der Waals surface area contributed by atoms with E-state index in [1.165, 1.54) is 19.5 Å². The molecule has 0 saturated carbocycles. The fourth-order valence-corrected chi connectivity index (χ4v) is 2.57. The largest absolute Gasteiger partial charge is 0.497 e. The maximum atomic E-state index is 12.4. The molecule has 1 amide bonds. The van der Waals surface area contributed by atoms with E-state index in [1.807, 2.05) is 6.92 Å². The van der Waals surface area contributed by atoms with Crippen molar-refractivity contribution < 1.29 is 23.8 Å². The molecule has 158 valence electrons. The summed E-state index contributed by atoms with van der Waals surface area (Å²) in [5, 5.41) is 3.94. The van der Waals surface area contributed by atoms with Gasteiger partial charge in [-0.25, -0.2) is 10.2 Å². The van der Waals surface area contributed by atoms with Crippen molar-refractivity contribution in [1.82, 2.24) is 10.4 Å². The first-order valence-electron chi connectivity index (χ1n) is 9.30. The van der Waals surface area contributed by atoms with E-state index >= 15 is 0 Å². The van der Waals surface area contributed by atoms with Gasteiger partial charge >= 0.3 is 5.97 Å². The zero-order valence-corrected chi connectivity index (χ0v) is 17.3. The van der Waals surface area contributed by atoms with E-state index in [1.54, 1.807) is 61.7 Å². The third-order valence-electron chi connectivity index (χ3n) is 4.27. The number of nitrogens with zero attached hydrogens (tertiary/aromatic N) is 2. The maximum absolute atomic E-state index is 12.4. The van der Waals surface area contributed by atoms with Gasteiger partial charge in [-0.3, -0.25) is 9.78 Å². The molecule has 31 heavy (non-hydrogen) atoms. The number of nitrogens with one attached hydrogen (secondary N) is 1. The standard InChI is InChI=1S/C23H21N3O5/c1-15-4-6-18(14-24-15)22(27)26-25-13-16-5-11-20(21(12-16)30-3)31-23(28)17-7-9-19(29-2)10-8-17/h4-14H,1-3H3,(H,26,27)/b25-13-. The smallest absolute Gasteiger partial charge is 0.343 e. The number of hydrogen-bond acceptors (Lipinski definition) is 7. The number of carbonyl (C=O) groups excluding carboxylic acids is 2. The second-order valence-corrected chi connectivity index (χ2v) is 6.42. The molecule has 0 fully saturated rings. The van der Waals surface area contributed by atoms with Crippen LogP contribution in [0, 0.1) is 6.92 Å². The molecule has 0 saturated heterocycles. The molecule has 0 radical (unpaired) electrons. The number of aromatic nitrogens is 1. The predicted octanol–water partition coefficient (Wildman–Crippen LogP) is 3.39. The quantitative estimate of drug-likeness (QED) is 0.273. The van der Waals surface area contributed by atoms with Gasteiger partial charge < -0.3 is 14.2 Å². The Bertz CT molecular complexity index is 1090. The molecule has 8 nitrogen and oxygen atoms in total. The average Bonchev–Trinajstić information content (AvgIpc) is 2.80. The van der Waals surface area contributed by atoms with E-state index in [9.17, 15) is 9.59 Å². The van der Waals surface area contributed by atoms with Gasteiger partial charge in [0.05, 0.1) is 31.6 Å². The van der Waals surface area contributed by atoms with Crippen LogP contribution in [0.4, 0.5) is 0 Å². The van der Waals surface area contributed by atoms with E-state index in [2.05, 4.69) is 15.5 Å². The lowest BCUT2D eigenvalue weighted by Gasteiger charge is -2.10. The lowest BCUT2D eigenvalue weighted by molar-refractivity contribution is 0.0729. The van der Waals surface area contributed by atoms with Gasteiger partial charge in [0.2, 0.25) is 0 Å². The van der Waals surface area contributed by atoms with Crippen LogP contribution in [0.15, 0.2) is 65.9 Å². The summed E-state index contributed by atoms with van der Waals surface area (Å²) in [5.41, 5.74) is 4.68. The van der Waals surface area contributed by atoms with Gasteiger partial charge in [-0.1, -0.05) is 0 Å². The Morgan fingerprint density at radius 1 is 0.935 bits per heavy atom. The molecule has 1 aromatic heterocycles. The van der Waals surface area contributed by atoms with Crippen molar-refractivity contribution >= 4 is 18.1 Å². The van der Waals surface area contributed by atoms with Crippen LogP contribution in [0.2, 0.25) is 0 Å². The number of carbonyl (C=O) groups is 2. The number of hydrogen-bond donors (Lipinski definition) is 1. The number of rotatable bonds is 7. The second-order valence-electron chi connectivity index (χ2n) is 6.42. The molecule has 0 unspecified atom stereocenters. The molecule has 0 aliphatic rings. The summed E-state index contributed by atoms with van der Waals surface area (Å²) in [4.78, 5) is 28.5. The Morgan fingerprint density at radius 2 is 1.68 bits per heavy atom. The van der Waals surface area contributed by atoms with Gasteiger partial charge in [0.25, 0.3) is 5.91 Å². The molecule has 0 spiro atoms. The topological polar surface area (TPSA) is 99.1 Å². The molecule has 1 N–H and O–H groups in total. The van der Waals surface area contributed by atoms with Gasteiger partial charge in [0, 0.05) is 11.9 Å². The Kier molecular flexibility index (Phi) is 6.95. The monoisotopic (exact) mass is 419 g/mol. The summed E-state index contributed by atoms with van der Waals surface area (Å²) >= 11 is 0. The zero-order chi connectivity index (χ0) is 22.2. The minimum atomic E-state index is -0.527. The van der Waals surface area contributed by atoms with Crippen LogP contribution in [0.5, 0.6) is 17.2 Å². The highest BCUT2D eigenvalue weighted by Crippen LogP contribution is 2.28. The molecular formula is C23H21N3O5. The van der Waals surface area contributed by atoms with E-state index in [4.69, 9.17) is 14.2 Å². The van der Waals surface area contributed by atoms with Gasteiger partial charge in [-0.05, 0) is 67.1 Å². The third-order valence-corrected chi connectivity index (χ3v) is 4.27. The van der Waals surface area contributed by atoms with E-state index in [0.717, 1.165) is 5.69 Å². The van der Waals surface area contributed by atoms with Crippen molar-refractivity contribution in [2.45, 2.75) is 6.92 Å². The number of hydrazone groups is 1. The summed E-state index contributed by atoms with van der Waals surface area (Å²) in [5.74, 6) is 0.348. The van der Waals surface area contributed by atoms with Crippen LogP contribution < -0.4 is 19.6 Å². The van der Waals surface area contributed by atoms with Crippen molar-refractivity contribution in [3.63, 3.8) is 0 Å². The highest BCUT2D eigenvalue weighted by Gasteiger charge is 2.13. The number of benzene rings is 2. The predicted molar refractivity (Wildman–Crippen MR) is 115 cm³/mol. The number of ether oxygens (including phenoxy) is 3. The molecule has 2 aromatic carbocycles. The normalized spacial score (nSPS) is 10.5. The lowest BCUT2D eigenvalue weighted by atomic mass is 10.2. The van der Waals surface area contributed by atoms with Crippen molar-refractivity contribution in [2.75, 3.05) is 14.2 Å². The SMILES string of the molecule is COc1ccc(C(=O)Oc2ccc(/C=N\NC(=O)c3ccc(C)nc3)cc2OC)cc1. The molecule has 0 bridgehead atoms. The average molecular weight is 419 g/mol. The van der Waals surface area contributed by atoms with Gasteiger partial charge in [0.1, 0.15) is 5.75 Å². The summed E-state index contributed by atoms with van der Waals surface area (Å²) in [6.07, 6.45) is 2.94. The van der Waals surface area contributed by atoms with E-state index < -0.39 is 5.97 Å². The van der Waals surface area contributed by atoms with Gasteiger partial charge in [-0.2, -0.15) is 5.10 Å². The molecule has 3 rings (SSSR count). The van der Waals surface area contributed by atoms with Crippen LogP contribution in [0.3, 0.4) is 0 Å². The molecule has 8 heteroatoms. The van der Waals surface area contributed by atoms with Crippen LogP contribution >= 0.6 is 0 Å². The van der Waals surface area contributed by atoms with Crippen LogP contribution in [-0.4, -0.2) is 37.3 Å². The number of aryl methyl sites for hydroxylation is 1. The first kappa shape index (κ1) is 21.5. The number of esters is 1. The van der Waals surface area contributed by atoms with Gasteiger partial charge in [-0.15, -0.1) is 0 Å². The zero-order valence-electron chi connectivity index (χ0n) is 17.3. The molecule has 0 atom stereocenters. The van der Waals surface area contributed by atoms with Crippen molar-refractivity contribution in [1.29, 1.82) is 0 Å². The van der Waals surface area contributed by atoms with Crippen molar-refractivity contribution in [3.05, 3.63) is 83.2 Å². The first-order chi connectivity index (χ1) is 15.0. The second kappa shape index (κ2) is 10.0. The lowest BCUT2D eigenvalue weighted by Crippen LogP contribution is -2.17. The van der Waals surface area contributed by atoms with E-state index in [0.29, 0.717) is 28.2 Å². The fourth-order valence-electron chi connectivity index (χ4n) is 2.57. The summed E-state index contributed by atoms with van der Waals surface area (Å²) < 4.78 is 15.8. The summed E-state index contributed by atoms with van der Waals surface area (Å²) in [6, 6.07) is 14.9. The highest BCUT2D eigenvalue weighted by molar-refractivity contribution is 5.94.